The summed E-state index contributed by atoms with van der Waals surface area (Å²) in [6.45, 7) is 2.29. The molecule has 116 valence electrons. The van der Waals surface area contributed by atoms with Gasteiger partial charge in [0.15, 0.2) is 0 Å². The fraction of sp³-hybridized carbons (Fsp3) is 0.700. The van der Waals surface area contributed by atoms with Gasteiger partial charge in [0.2, 0.25) is 0 Å². The normalized spacial score (nSPS) is 10.3. The molecule has 0 amide bonds. The third-order valence-corrected chi connectivity index (χ3v) is 4.16. The van der Waals surface area contributed by atoms with E-state index in [2.05, 4.69) is 37.3 Å². The third-order valence-electron chi connectivity index (χ3n) is 4.16. The van der Waals surface area contributed by atoms with Crippen LogP contribution in [0.2, 0.25) is 0 Å². The predicted molar refractivity (Wildman–Crippen MR) is 92.3 cm³/mol. The van der Waals surface area contributed by atoms with Crippen molar-refractivity contribution in [1.82, 2.24) is 0 Å². The van der Waals surface area contributed by atoms with Gasteiger partial charge in [0.25, 0.3) is 0 Å². The third kappa shape index (κ3) is 13.6. The molecule has 0 aliphatic carbocycles. The molecule has 1 aromatic rings. The average molecular weight is 298 g/mol. The van der Waals surface area contributed by atoms with E-state index in [1.807, 2.05) is 0 Å². The number of hydrogen-bond donors (Lipinski definition) is 0. The van der Waals surface area contributed by atoms with Crippen LogP contribution in [-0.2, 0) is 6.42 Å². The van der Waals surface area contributed by atoms with Crippen LogP contribution in [0.5, 0.6) is 0 Å². The maximum atomic E-state index is 2.29. The Bertz CT molecular complexity index is 300. The topological polar surface area (TPSA) is 0 Å². The molecule has 0 aromatic heterocycles. The Morgan fingerprint density at radius 3 is 1.52 bits per heavy atom. The largest absolute Gasteiger partial charge is 1.00 e. The minimum absolute atomic E-state index is 0. The Hall–Kier alpha value is 0.220. The van der Waals surface area contributed by atoms with Gasteiger partial charge in [-0.15, -0.1) is 0 Å². The van der Waals surface area contributed by atoms with E-state index in [4.69, 9.17) is 0 Å². The molecule has 0 atom stereocenters. The van der Waals surface area contributed by atoms with Crippen LogP contribution in [0.4, 0.5) is 0 Å². The molecule has 21 heavy (non-hydrogen) atoms. The van der Waals surface area contributed by atoms with Gasteiger partial charge < -0.3 is 1.43 Å². The molecule has 0 nitrogen and oxygen atoms in total. The van der Waals surface area contributed by atoms with E-state index in [0.29, 0.717) is 0 Å². The molecular formula is C20H35Na. The minimum Gasteiger partial charge on any atom is -1.00 e. The molecule has 0 saturated heterocycles. The van der Waals surface area contributed by atoms with Crippen molar-refractivity contribution in [3.8, 4) is 0 Å². The van der Waals surface area contributed by atoms with Crippen molar-refractivity contribution in [2.24, 2.45) is 0 Å². The van der Waals surface area contributed by atoms with E-state index in [1.165, 1.54) is 89.0 Å². The monoisotopic (exact) mass is 298 g/mol. The molecular weight excluding hydrogens is 263 g/mol. The Morgan fingerprint density at radius 2 is 1.05 bits per heavy atom. The van der Waals surface area contributed by atoms with Gasteiger partial charge in [-0.3, -0.25) is 0 Å². The Labute approximate surface area is 156 Å². The first-order valence-electron chi connectivity index (χ1n) is 8.97. The summed E-state index contributed by atoms with van der Waals surface area (Å²) in [6.07, 6.45) is 18.5. The van der Waals surface area contributed by atoms with Crippen molar-refractivity contribution in [1.29, 1.82) is 0 Å². The van der Waals surface area contributed by atoms with Gasteiger partial charge in [0, 0.05) is 0 Å². The van der Waals surface area contributed by atoms with Crippen molar-refractivity contribution < 1.29 is 31.0 Å². The average Bonchev–Trinajstić information content (AvgIpc) is 2.49. The minimum atomic E-state index is 0. The van der Waals surface area contributed by atoms with Crippen LogP contribution in [0, 0.1) is 0 Å². The summed E-state index contributed by atoms with van der Waals surface area (Å²) in [5.74, 6) is 0. The number of unbranched alkanes of at least 4 members (excludes halogenated alkanes) is 11. The van der Waals surface area contributed by atoms with Crippen LogP contribution in [0.3, 0.4) is 0 Å². The summed E-state index contributed by atoms with van der Waals surface area (Å²) < 4.78 is 0. The van der Waals surface area contributed by atoms with Gasteiger partial charge in [0.05, 0.1) is 0 Å². The van der Waals surface area contributed by atoms with E-state index >= 15 is 0 Å². The number of benzene rings is 1. The summed E-state index contributed by atoms with van der Waals surface area (Å²) >= 11 is 0. The van der Waals surface area contributed by atoms with Gasteiger partial charge in [-0.05, 0) is 18.4 Å². The van der Waals surface area contributed by atoms with Gasteiger partial charge in [-0.25, -0.2) is 0 Å². The molecule has 0 unspecified atom stereocenters. The molecule has 0 spiro atoms. The first kappa shape index (κ1) is 21.2. The van der Waals surface area contributed by atoms with Crippen LogP contribution in [-0.4, -0.2) is 0 Å². The maximum absolute atomic E-state index is 2.29. The predicted octanol–water partition coefficient (Wildman–Crippen LogP) is 4.05. The molecule has 0 bridgehead atoms. The summed E-state index contributed by atoms with van der Waals surface area (Å²) in [7, 11) is 0. The fourth-order valence-corrected chi connectivity index (χ4v) is 2.81. The summed E-state index contributed by atoms with van der Waals surface area (Å²) in [5.41, 5.74) is 1.50. The number of rotatable bonds is 13. The van der Waals surface area contributed by atoms with Gasteiger partial charge in [-0.2, -0.15) is 0 Å². The maximum Gasteiger partial charge on any atom is 1.00 e. The van der Waals surface area contributed by atoms with Crippen molar-refractivity contribution in [3.05, 3.63) is 35.9 Å². The van der Waals surface area contributed by atoms with Gasteiger partial charge in [-0.1, -0.05) is 108 Å². The Kier molecular flexibility index (Phi) is 16.8. The molecule has 1 rings (SSSR count). The molecule has 0 fully saturated rings. The van der Waals surface area contributed by atoms with Crippen LogP contribution < -0.4 is 29.6 Å². The van der Waals surface area contributed by atoms with Crippen molar-refractivity contribution in [2.75, 3.05) is 0 Å². The van der Waals surface area contributed by atoms with Crippen LogP contribution in [0.15, 0.2) is 30.3 Å². The zero-order valence-corrected chi connectivity index (χ0v) is 16.6. The standard InChI is InChI=1S/C20H34.Na.H/c1-2-3-4-5-6-7-8-9-10-11-12-14-17-20-18-15-13-16-19-20;;/h13,15-16,18-19H,2-12,14,17H2,1H3;;/q;+1;-1. The first-order valence-corrected chi connectivity index (χ1v) is 8.97. The van der Waals surface area contributed by atoms with E-state index in [9.17, 15) is 0 Å². The van der Waals surface area contributed by atoms with E-state index in [0.717, 1.165) is 0 Å². The SMILES string of the molecule is CCCCCCCCCCCCCCc1ccccc1.[H-].[Na+]. The van der Waals surface area contributed by atoms with Gasteiger partial charge >= 0.3 is 29.6 Å². The molecule has 0 saturated carbocycles. The smallest absolute Gasteiger partial charge is 1.00 e. The second-order valence-corrected chi connectivity index (χ2v) is 6.12. The van der Waals surface area contributed by atoms with Crippen molar-refractivity contribution in [3.63, 3.8) is 0 Å². The fourth-order valence-electron chi connectivity index (χ4n) is 2.81. The number of aryl methyl sites for hydroxylation is 1. The summed E-state index contributed by atoms with van der Waals surface area (Å²) in [5, 5.41) is 0. The Morgan fingerprint density at radius 1 is 0.619 bits per heavy atom. The second kappa shape index (κ2) is 16.6. The van der Waals surface area contributed by atoms with Crippen molar-refractivity contribution >= 4 is 0 Å². The molecule has 0 aliphatic rings. The summed E-state index contributed by atoms with van der Waals surface area (Å²) in [6, 6.07) is 10.9. The molecule has 1 aromatic carbocycles. The Balaban J connectivity index is 0. The second-order valence-electron chi connectivity index (χ2n) is 6.12. The molecule has 1 heteroatoms. The molecule has 0 N–H and O–H groups in total. The van der Waals surface area contributed by atoms with Crippen molar-refractivity contribution in [2.45, 2.75) is 90.4 Å². The summed E-state index contributed by atoms with van der Waals surface area (Å²) in [4.78, 5) is 0. The van der Waals surface area contributed by atoms with Crippen LogP contribution >= 0.6 is 0 Å². The number of hydrogen-bond acceptors (Lipinski definition) is 0. The molecule has 0 radical (unpaired) electrons. The van der Waals surface area contributed by atoms with Gasteiger partial charge in [0.1, 0.15) is 0 Å². The van der Waals surface area contributed by atoms with E-state index in [1.54, 1.807) is 0 Å². The van der Waals surface area contributed by atoms with Crippen LogP contribution in [0.1, 0.15) is 91.0 Å². The molecule has 0 heterocycles. The first-order chi connectivity index (χ1) is 9.93. The van der Waals surface area contributed by atoms with E-state index < -0.39 is 0 Å². The zero-order valence-electron chi connectivity index (χ0n) is 15.6. The quantitative estimate of drug-likeness (QED) is 0.381. The zero-order chi connectivity index (χ0) is 14.3. The molecule has 0 aliphatic heterocycles. The van der Waals surface area contributed by atoms with Crippen LogP contribution in [0.25, 0.3) is 0 Å². The van der Waals surface area contributed by atoms with E-state index in [-0.39, 0.29) is 31.0 Å².